The Morgan fingerprint density at radius 3 is 2.69 bits per heavy atom. The van der Waals surface area contributed by atoms with Gasteiger partial charge in [0.1, 0.15) is 18.8 Å². The van der Waals surface area contributed by atoms with Crippen molar-refractivity contribution in [3.05, 3.63) is 47.9 Å². The van der Waals surface area contributed by atoms with E-state index in [1.54, 1.807) is 13.4 Å². The fourth-order valence-corrected chi connectivity index (χ4v) is 4.44. The van der Waals surface area contributed by atoms with Crippen molar-refractivity contribution >= 4 is 33.3 Å². The predicted molar refractivity (Wildman–Crippen MR) is 141 cm³/mol. The van der Waals surface area contributed by atoms with Crippen molar-refractivity contribution in [2.75, 3.05) is 65.1 Å². The highest BCUT2D eigenvalue weighted by Crippen LogP contribution is 2.35. The Bertz CT molecular complexity index is 1330. The van der Waals surface area contributed by atoms with E-state index in [9.17, 15) is 0 Å². The third kappa shape index (κ3) is 5.38. The first-order chi connectivity index (χ1) is 17.6. The number of nitrogens with zero attached hydrogens (tertiary/aromatic N) is 3. The minimum Gasteiger partial charge on any atom is -0.493 e. The molecule has 0 unspecified atom stereocenters. The molecule has 0 atom stereocenters. The topological polar surface area (TPSA) is 93.8 Å². The van der Waals surface area contributed by atoms with Gasteiger partial charge in [-0.1, -0.05) is 0 Å². The molecule has 2 N–H and O–H groups in total. The molecule has 5 rings (SSSR count). The molecule has 0 amide bonds. The van der Waals surface area contributed by atoms with E-state index in [4.69, 9.17) is 18.9 Å². The maximum absolute atomic E-state index is 5.98. The molecule has 1 aliphatic heterocycles. The summed E-state index contributed by atoms with van der Waals surface area (Å²) in [4.78, 5) is 14.7. The average Bonchev–Trinajstić information content (AvgIpc) is 3.19. The van der Waals surface area contributed by atoms with Gasteiger partial charge in [0.25, 0.3) is 0 Å². The summed E-state index contributed by atoms with van der Waals surface area (Å²) < 4.78 is 22.7. The van der Waals surface area contributed by atoms with E-state index in [0.717, 1.165) is 55.0 Å². The van der Waals surface area contributed by atoms with Crippen molar-refractivity contribution in [1.29, 1.82) is 0 Å². The number of methoxy groups -OCH3 is 1. The molecule has 0 bridgehead atoms. The molecule has 3 heterocycles. The maximum atomic E-state index is 5.98. The van der Waals surface area contributed by atoms with Crippen molar-refractivity contribution < 1.29 is 18.9 Å². The van der Waals surface area contributed by atoms with E-state index in [1.165, 1.54) is 16.6 Å². The van der Waals surface area contributed by atoms with Gasteiger partial charge in [0.05, 0.1) is 39.1 Å². The van der Waals surface area contributed by atoms with Gasteiger partial charge in [-0.2, -0.15) is 0 Å². The molecule has 4 aromatic rings. The summed E-state index contributed by atoms with van der Waals surface area (Å²) in [5, 5.41) is 5.49. The van der Waals surface area contributed by atoms with Gasteiger partial charge in [-0.15, -0.1) is 0 Å². The largest absolute Gasteiger partial charge is 0.493 e. The summed E-state index contributed by atoms with van der Waals surface area (Å²) in [5.41, 5.74) is 5.27. The summed E-state index contributed by atoms with van der Waals surface area (Å²) in [7, 11) is 1.63. The lowest BCUT2D eigenvalue weighted by molar-refractivity contribution is 0.0169. The van der Waals surface area contributed by atoms with Crippen LogP contribution >= 0.6 is 0 Å². The Hall–Kier alpha value is -3.40. The Kier molecular flexibility index (Phi) is 7.50. The highest BCUT2D eigenvalue weighted by atomic mass is 16.5. The Morgan fingerprint density at radius 1 is 1.00 bits per heavy atom. The molecule has 1 saturated heterocycles. The van der Waals surface area contributed by atoms with Gasteiger partial charge in [0.2, 0.25) is 0 Å². The first-order valence-electron chi connectivity index (χ1n) is 12.3. The molecule has 0 saturated carbocycles. The smallest absolute Gasteiger partial charge is 0.163 e. The standard InChI is InChI=1S/C27H33N5O4/c1-18-19(2)30-23-5-4-20(14-21(18)23)31-27-22-15-25(33-3)26(16-24(22)28-17-29-27)36-13-12-35-11-8-32-6-9-34-10-7-32/h4-5,14-17,30H,6-13H2,1-3H3,(H,28,29,31). The van der Waals surface area contributed by atoms with E-state index >= 15 is 0 Å². The number of hydrogen-bond donors (Lipinski definition) is 2. The lowest BCUT2D eigenvalue weighted by Crippen LogP contribution is -2.38. The zero-order valence-corrected chi connectivity index (χ0v) is 21.1. The highest BCUT2D eigenvalue weighted by molar-refractivity contribution is 5.94. The molecule has 1 fully saturated rings. The number of H-pyrrole nitrogens is 1. The fraction of sp³-hybridized carbons (Fsp3) is 0.407. The van der Waals surface area contributed by atoms with Crippen LogP contribution in [0.4, 0.5) is 11.5 Å². The first-order valence-corrected chi connectivity index (χ1v) is 12.3. The van der Waals surface area contributed by atoms with Gasteiger partial charge in [0.15, 0.2) is 11.5 Å². The molecule has 0 radical (unpaired) electrons. The summed E-state index contributed by atoms with van der Waals surface area (Å²) in [6, 6.07) is 10.1. The van der Waals surface area contributed by atoms with E-state index < -0.39 is 0 Å². The average molecular weight is 492 g/mol. The molecule has 0 spiro atoms. The summed E-state index contributed by atoms with van der Waals surface area (Å²) in [6.07, 6.45) is 1.56. The minimum atomic E-state index is 0.427. The molecule has 2 aromatic carbocycles. The van der Waals surface area contributed by atoms with Crippen LogP contribution in [0.2, 0.25) is 0 Å². The lowest BCUT2D eigenvalue weighted by Gasteiger charge is -2.26. The Morgan fingerprint density at radius 2 is 1.86 bits per heavy atom. The van der Waals surface area contributed by atoms with Gasteiger partial charge in [-0.05, 0) is 43.7 Å². The van der Waals surface area contributed by atoms with Gasteiger partial charge in [-0.25, -0.2) is 9.97 Å². The lowest BCUT2D eigenvalue weighted by atomic mass is 10.1. The maximum Gasteiger partial charge on any atom is 0.163 e. The predicted octanol–water partition coefficient (Wildman–Crippen LogP) is 4.21. The van der Waals surface area contributed by atoms with Crippen LogP contribution in [0.15, 0.2) is 36.7 Å². The monoisotopic (exact) mass is 491 g/mol. The second-order valence-electron chi connectivity index (χ2n) is 8.92. The van der Waals surface area contributed by atoms with Crippen LogP contribution in [0.25, 0.3) is 21.8 Å². The Labute approximate surface area is 210 Å². The SMILES string of the molecule is COc1cc2c(Nc3ccc4[nH]c(C)c(C)c4c3)ncnc2cc1OCCOCCN1CCOCC1. The molecule has 36 heavy (non-hydrogen) atoms. The van der Waals surface area contributed by atoms with Crippen molar-refractivity contribution in [1.82, 2.24) is 19.9 Å². The van der Waals surface area contributed by atoms with Crippen molar-refractivity contribution in [2.24, 2.45) is 0 Å². The molecular weight excluding hydrogens is 458 g/mol. The number of aryl methyl sites for hydroxylation is 2. The van der Waals surface area contributed by atoms with E-state index in [2.05, 4.69) is 51.1 Å². The fourth-order valence-electron chi connectivity index (χ4n) is 4.44. The zero-order chi connectivity index (χ0) is 24.9. The van der Waals surface area contributed by atoms with Crippen LogP contribution in [0.1, 0.15) is 11.3 Å². The summed E-state index contributed by atoms with van der Waals surface area (Å²) in [5.74, 6) is 1.97. The zero-order valence-electron chi connectivity index (χ0n) is 21.1. The number of anilines is 2. The summed E-state index contributed by atoms with van der Waals surface area (Å²) in [6.45, 7) is 10.3. The highest BCUT2D eigenvalue weighted by Gasteiger charge is 2.13. The third-order valence-electron chi connectivity index (χ3n) is 6.63. The quantitative estimate of drug-likeness (QED) is 0.319. The number of benzene rings is 2. The minimum absolute atomic E-state index is 0.427. The van der Waals surface area contributed by atoms with Crippen LogP contribution in [0.3, 0.4) is 0 Å². The molecular formula is C27H33N5O4. The number of aromatic nitrogens is 3. The van der Waals surface area contributed by atoms with Gasteiger partial charge < -0.3 is 29.2 Å². The van der Waals surface area contributed by atoms with Crippen LogP contribution in [-0.4, -0.2) is 79.6 Å². The molecule has 9 nitrogen and oxygen atoms in total. The van der Waals surface area contributed by atoms with Crippen LogP contribution in [-0.2, 0) is 9.47 Å². The van der Waals surface area contributed by atoms with E-state index in [-0.39, 0.29) is 0 Å². The van der Waals surface area contributed by atoms with Gasteiger partial charge in [-0.3, -0.25) is 4.90 Å². The number of nitrogens with one attached hydrogen (secondary N) is 2. The summed E-state index contributed by atoms with van der Waals surface area (Å²) >= 11 is 0. The number of rotatable bonds is 10. The van der Waals surface area contributed by atoms with E-state index in [1.807, 2.05) is 18.2 Å². The Balaban J connectivity index is 1.25. The molecule has 1 aliphatic rings. The number of fused-ring (bicyclic) bond motifs is 2. The van der Waals surface area contributed by atoms with Crippen LogP contribution < -0.4 is 14.8 Å². The number of morpholine rings is 1. The molecule has 2 aromatic heterocycles. The van der Waals surface area contributed by atoms with Crippen molar-refractivity contribution in [3.8, 4) is 11.5 Å². The van der Waals surface area contributed by atoms with Crippen molar-refractivity contribution in [2.45, 2.75) is 13.8 Å². The van der Waals surface area contributed by atoms with Gasteiger partial charge >= 0.3 is 0 Å². The third-order valence-corrected chi connectivity index (χ3v) is 6.63. The van der Waals surface area contributed by atoms with Crippen molar-refractivity contribution in [3.63, 3.8) is 0 Å². The van der Waals surface area contributed by atoms with Crippen LogP contribution in [0, 0.1) is 13.8 Å². The van der Waals surface area contributed by atoms with Crippen LogP contribution in [0.5, 0.6) is 11.5 Å². The molecule has 190 valence electrons. The number of ether oxygens (including phenoxy) is 4. The first kappa shape index (κ1) is 24.3. The van der Waals surface area contributed by atoms with Gasteiger partial charge in [0, 0.05) is 53.4 Å². The van der Waals surface area contributed by atoms with E-state index in [0.29, 0.717) is 37.1 Å². The molecule has 9 heteroatoms. The number of hydrogen-bond acceptors (Lipinski definition) is 8. The second-order valence-corrected chi connectivity index (χ2v) is 8.92. The second kappa shape index (κ2) is 11.1. The molecule has 0 aliphatic carbocycles. The number of aromatic amines is 1. The normalized spacial score (nSPS) is 14.4.